The largest absolute Gasteiger partial charge is 0.494 e. The number of likely N-dealkylation sites (tertiary alicyclic amines) is 1. The Bertz CT molecular complexity index is 1000. The van der Waals surface area contributed by atoms with E-state index in [9.17, 15) is 15.0 Å². The third kappa shape index (κ3) is 4.19. The van der Waals surface area contributed by atoms with E-state index in [-0.39, 0.29) is 23.0 Å². The van der Waals surface area contributed by atoms with E-state index in [0.717, 1.165) is 17.1 Å². The van der Waals surface area contributed by atoms with Crippen molar-refractivity contribution in [1.82, 2.24) is 9.47 Å². The van der Waals surface area contributed by atoms with Crippen LogP contribution in [0.1, 0.15) is 18.4 Å². The lowest BCUT2D eigenvalue weighted by Gasteiger charge is -2.24. The highest BCUT2D eigenvalue weighted by atomic mass is 32.2. The SMILES string of the molecule is Cn1c(O)cc(SC2CCC(=O)N2Cc2ccc(Oc3ccccc3)cc2)c1O. The Morgan fingerprint density at radius 3 is 2.41 bits per heavy atom. The number of thioether (sulfide) groups is 1. The zero-order valence-electron chi connectivity index (χ0n) is 16.0. The summed E-state index contributed by atoms with van der Waals surface area (Å²) in [5.41, 5.74) is 1.01. The summed E-state index contributed by atoms with van der Waals surface area (Å²) in [4.78, 5) is 14.8. The van der Waals surface area contributed by atoms with Crippen molar-refractivity contribution < 1.29 is 19.7 Å². The van der Waals surface area contributed by atoms with Crippen LogP contribution in [0.3, 0.4) is 0 Å². The first kappa shape index (κ1) is 19.3. The Hall–Kier alpha value is -3.06. The van der Waals surface area contributed by atoms with Crippen LogP contribution >= 0.6 is 11.8 Å². The van der Waals surface area contributed by atoms with E-state index in [4.69, 9.17) is 4.74 Å². The number of rotatable bonds is 6. The molecule has 29 heavy (non-hydrogen) atoms. The Morgan fingerprint density at radius 1 is 1.07 bits per heavy atom. The molecule has 1 atom stereocenters. The van der Waals surface area contributed by atoms with E-state index >= 15 is 0 Å². The van der Waals surface area contributed by atoms with Crippen molar-refractivity contribution in [2.24, 2.45) is 7.05 Å². The summed E-state index contributed by atoms with van der Waals surface area (Å²) in [6.07, 6.45) is 1.18. The summed E-state index contributed by atoms with van der Waals surface area (Å²) in [6.45, 7) is 0.488. The fourth-order valence-corrected chi connectivity index (χ4v) is 4.55. The molecule has 1 amide bonds. The second-order valence-electron chi connectivity index (χ2n) is 6.94. The third-order valence-corrected chi connectivity index (χ3v) is 6.25. The van der Waals surface area contributed by atoms with Crippen LogP contribution in [0.5, 0.6) is 23.3 Å². The number of nitrogens with zero attached hydrogens (tertiary/aromatic N) is 2. The second-order valence-corrected chi connectivity index (χ2v) is 8.16. The molecule has 1 aliphatic rings. The average molecular weight is 410 g/mol. The summed E-state index contributed by atoms with van der Waals surface area (Å²) < 4.78 is 7.13. The molecule has 2 aromatic carbocycles. The van der Waals surface area contributed by atoms with Crippen molar-refractivity contribution in [3.8, 4) is 23.3 Å². The number of carbonyl (C=O) groups is 1. The van der Waals surface area contributed by atoms with Crippen LogP contribution in [0, 0.1) is 0 Å². The number of aromatic hydroxyl groups is 2. The van der Waals surface area contributed by atoms with Gasteiger partial charge in [0.2, 0.25) is 11.8 Å². The topological polar surface area (TPSA) is 74.9 Å². The smallest absolute Gasteiger partial charge is 0.223 e. The van der Waals surface area contributed by atoms with Crippen LogP contribution in [-0.2, 0) is 18.4 Å². The fourth-order valence-electron chi connectivity index (χ4n) is 3.29. The van der Waals surface area contributed by atoms with Gasteiger partial charge < -0.3 is 19.8 Å². The van der Waals surface area contributed by atoms with Crippen molar-refractivity contribution in [3.63, 3.8) is 0 Å². The monoisotopic (exact) mass is 410 g/mol. The molecular formula is C22H22N2O4S. The highest BCUT2D eigenvalue weighted by molar-refractivity contribution is 8.00. The molecule has 0 radical (unpaired) electrons. The zero-order valence-corrected chi connectivity index (χ0v) is 16.8. The van der Waals surface area contributed by atoms with Gasteiger partial charge in [0.05, 0.1) is 10.3 Å². The van der Waals surface area contributed by atoms with Crippen LogP contribution in [0.2, 0.25) is 0 Å². The minimum atomic E-state index is -0.0876. The van der Waals surface area contributed by atoms with Gasteiger partial charge in [-0.2, -0.15) is 0 Å². The zero-order chi connectivity index (χ0) is 20.4. The van der Waals surface area contributed by atoms with Crippen LogP contribution < -0.4 is 4.74 Å². The molecule has 0 spiro atoms. The maximum Gasteiger partial charge on any atom is 0.223 e. The molecule has 0 aliphatic carbocycles. The molecule has 7 heteroatoms. The number of ether oxygens (including phenoxy) is 1. The highest BCUT2D eigenvalue weighted by Gasteiger charge is 2.32. The number of aromatic nitrogens is 1. The minimum absolute atomic E-state index is 0.00474. The summed E-state index contributed by atoms with van der Waals surface area (Å²) in [5, 5.41) is 19.8. The van der Waals surface area contributed by atoms with Crippen molar-refractivity contribution in [3.05, 3.63) is 66.2 Å². The Kier molecular flexibility index (Phi) is 5.40. The molecule has 1 aliphatic heterocycles. The molecule has 0 saturated carbocycles. The number of hydrogen-bond donors (Lipinski definition) is 2. The number of benzene rings is 2. The predicted molar refractivity (Wildman–Crippen MR) is 111 cm³/mol. The molecule has 1 unspecified atom stereocenters. The van der Waals surface area contributed by atoms with Crippen molar-refractivity contribution >= 4 is 17.7 Å². The van der Waals surface area contributed by atoms with E-state index in [1.807, 2.05) is 59.5 Å². The lowest BCUT2D eigenvalue weighted by atomic mass is 10.2. The first-order valence-corrected chi connectivity index (χ1v) is 10.2. The predicted octanol–water partition coefficient (Wildman–Crippen LogP) is 4.47. The molecule has 2 N–H and O–H groups in total. The molecule has 1 fully saturated rings. The second kappa shape index (κ2) is 8.13. The van der Waals surface area contributed by atoms with Gasteiger partial charge in [0.15, 0.2) is 5.88 Å². The molecule has 4 rings (SSSR count). The van der Waals surface area contributed by atoms with Gasteiger partial charge in [0.1, 0.15) is 11.5 Å². The normalized spacial score (nSPS) is 16.4. The first-order valence-electron chi connectivity index (χ1n) is 9.37. The van der Waals surface area contributed by atoms with Gasteiger partial charge in [0, 0.05) is 26.1 Å². The summed E-state index contributed by atoms with van der Waals surface area (Å²) >= 11 is 1.40. The molecule has 0 bridgehead atoms. The summed E-state index contributed by atoms with van der Waals surface area (Å²) in [7, 11) is 1.59. The van der Waals surface area contributed by atoms with E-state index < -0.39 is 0 Å². The third-order valence-electron chi connectivity index (χ3n) is 4.93. The summed E-state index contributed by atoms with van der Waals surface area (Å²) in [5.74, 6) is 1.61. The maximum absolute atomic E-state index is 12.4. The minimum Gasteiger partial charge on any atom is -0.494 e. The fraction of sp³-hybridized carbons (Fsp3) is 0.227. The van der Waals surface area contributed by atoms with Gasteiger partial charge in [-0.1, -0.05) is 42.1 Å². The van der Waals surface area contributed by atoms with Gasteiger partial charge in [-0.05, 0) is 36.2 Å². The first-order chi connectivity index (χ1) is 14.0. The van der Waals surface area contributed by atoms with Crippen LogP contribution in [-0.4, -0.2) is 31.0 Å². The lowest BCUT2D eigenvalue weighted by molar-refractivity contribution is -0.128. The van der Waals surface area contributed by atoms with Gasteiger partial charge in [0.25, 0.3) is 0 Å². The number of amides is 1. The van der Waals surface area contributed by atoms with Crippen LogP contribution in [0.4, 0.5) is 0 Å². The number of para-hydroxylation sites is 1. The number of hydrogen-bond acceptors (Lipinski definition) is 5. The lowest BCUT2D eigenvalue weighted by Crippen LogP contribution is -2.30. The van der Waals surface area contributed by atoms with E-state index in [1.165, 1.54) is 22.4 Å². The molecule has 1 saturated heterocycles. The molecular weight excluding hydrogens is 388 g/mol. The molecule has 150 valence electrons. The Morgan fingerprint density at radius 2 is 1.76 bits per heavy atom. The van der Waals surface area contributed by atoms with Crippen LogP contribution in [0.15, 0.2) is 65.6 Å². The van der Waals surface area contributed by atoms with Crippen molar-refractivity contribution in [2.45, 2.75) is 29.7 Å². The van der Waals surface area contributed by atoms with Gasteiger partial charge in [-0.25, -0.2) is 0 Å². The molecule has 2 heterocycles. The Labute approximate surface area is 173 Å². The van der Waals surface area contributed by atoms with Crippen LogP contribution in [0.25, 0.3) is 0 Å². The van der Waals surface area contributed by atoms with E-state index in [0.29, 0.717) is 24.3 Å². The van der Waals surface area contributed by atoms with Crippen molar-refractivity contribution in [2.75, 3.05) is 0 Å². The van der Waals surface area contributed by atoms with E-state index in [1.54, 1.807) is 7.05 Å². The molecule has 6 nitrogen and oxygen atoms in total. The highest BCUT2D eigenvalue weighted by Crippen LogP contribution is 2.41. The Balaban J connectivity index is 1.44. The standard InChI is InChI=1S/C22H22N2O4S/c1-23-20(26)13-18(22(23)27)29-21-12-11-19(25)24(21)14-15-7-9-17(10-8-15)28-16-5-3-2-4-6-16/h2-10,13,21,26-27H,11-12,14H2,1H3. The summed E-state index contributed by atoms with van der Waals surface area (Å²) in [6, 6.07) is 18.8. The molecule has 3 aromatic rings. The van der Waals surface area contributed by atoms with Gasteiger partial charge in [-0.3, -0.25) is 9.36 Å². The molecule has 1 aromatic heterocycles. The number of carbonyl (C=O) groups excluding carboxylic acids is 1. The quantitative estimate of drug-likeness (QED) is 0.627. The van der Waals surface area contributed by atoms with E-state index in [2.05, 4.69) is 0 Å². The average Bonchev–Trinajstić information content (AvgIpc) is 3.19. The van der Waals surface area contributed by atoms with Crippen molar-refractivity contribution in [1.29, 1.82) is 0 Å². The van der Waals surface area contributed by atoms with Gasteiger partial charge in [-0.15, -0.1) is 0 Å². The van der Waals surface area contributed by atoms with Gasteiger partial charge >= 0.3 is 0 Å². The maximum atomic E-state index is 12.4.